The van der Waals surface area contributed by atoms with Crippen molar-refractivity contribution in [2.24, 2.45) is 0 Å². The van der Waals surface area contributed by atoms with Gasteiger partial charge in [0.05, 0.1) is 0 Å². The lowest BCUT2D eigenvalue weighted by atomic mass is 10.1. The number of ether oxygens (including phenoxy) is 1. The van der Waals surface area contributed by atoms with Crippen LogP contribution in [0.25, 0.3) is 0 Å². The zero-order valence-corrected chi connectivity index (χ0v) is 25.2. The quantitative estimate of drug-likeness (QED) is 0.0647. The first-order valence-corrected chi connectivity index (χ1v) is 17.5. The molecule has 34 heavy (non-hydrogen) atoms. The van der Waals surface area contributed by atoms with Crippen molar-refractivity contribution in [3.05, 3.63) is 12.2 Å². The van der Waals surface area contributed by atoms with E-state index in [0.717, 1.165) is 51.6 Å². The van der Waals surface area contributed by atoms with Gasteiger partial charge in [0.1, 0.15) is 6.10 Å². The van der Waals surface area contributed by atoms with Gasteiger partial charge in [-0.15, -0.1) is 0 Å². The number of carbonyl (C=O) groups excluding carboxylic acids is 1. The molecule has 0 aliphatic carbocycles. The topological polar surface area (TPSA) is 35.5 Å². The molecule has 202 valence electrons. The van der Waals surface area contributed by atoms with Crippen molar-refractivity contribution in [2.75, 3.05) is 6.61 Å². The summed E-state index contributed by atoms with van der Waals surface area (Å²) in [6, 6.07) is 0. The summed E-state index contributed by atoms with van der Waals surface area (Å²) >= 11 is 0. The summed E-state index contributed by atoms with van der Waals surface area (Å²) in [6.45, 7) is 16.9. The number of rotatable bonds is 22. The fraction of sp³-hybridized carbons (Fsp3) is 0.900. The molecule has 3 nitrogen and oxygen atoms in total. The molecule has 0 aliphatic rings. The highest BCUT2D eigenvalue weighted by molar-refractivity contribution is 6.74. The van der Waals surface area contributed by atoms with E-state index in [2.05, 4.69) is 59.9 Å². The standard InChI is InChI=1S/C30H60O3Si/c1-8-10-12-21-24-28(33-29(31)26-20-11-9-2)25-22-18-16-14-13-15-17-19-23-27-32-34(6,7)30(3,4)5/h18,22,28H,8-17,19-21,23-27H2,1-7H3/b22-18-. The van der Waals surface area contributed by atoms with E-state index >= 15 is 0 Å². The number of unbranched alkanes of at least 4 members (excludes halogenated alkanes) is 11. The van der Waals surface area contributed by atoms with Crippen molar-refractivity contribution in [3.8, 4) is 0 Å². The zero-order chi connectivity index (χ0) is 25.7. The molecule has 1 unspecified atom stereocenters. The molecule has 0 bridgehead atoms. The van der Waals surface area contributed by atoms with Crippen molar-refractivity contribution >= 4 is 14.3 Å². The highest BCUT2D eigenvalue weighted by Crippen LogP contribution is 2.36. The van der Waals surface area contributed by atoms with Crippen LogP contribution in [-0.4, -0.2) is 27.0 Å². The summed E-state index contributed by atoms with van der Waals surface area (Å²) in [4.78, 5) is 12.2. The molecule has 0 saturated heterocycles. The van der Waals surface area contributed by atoms with Gasteiger partial charge in [0, 0.05) is 19.4 Å². The molecule has 4 heteroatoms. The Balaban J connectivity index is 3.94. The van der Waals surface area contributed by atoms with Gasteiger partial charge < -0.3 is 9.16 Å². The molecule has 0 aromatic rings. The molecular weight excluding hydrogens is 436 g/mol. The van der Waals surface area contributed by atoms with Crippen molar-refractivity contribution in [1.82, 2.24) is 0 Å². The highest BCUT2D eigenvalue weighted by atomic mass is 28.4. The molecule has 0 aromatic carbocycles. The van der Waals surface area contributed by atoms with Gasteiger partial charge in [-0.1, -0.05) is 105 Å². The molecule has 0 amide bonds. The van der Waals surface area contributed by atoms with Gasteiger partial charge in [-0.3, -0.25) is 4.79 Å². The smallest absolute Gasteiger partial charge is 0.306 e. The third kappa shape index (κ3) is 18.7. The fourth-order valence-electron chi connectivity index (χ4n) is 3.77. The number of allylic oxidation sites excluding steroid dienone is 1. The molecule has 0 aliphatic heterocycles. The first-order valence-electron chi connectivity index (χ1n) is 14.6. The van der Waals surface area contributed by atoms with Crippen LogP contribution in [-0.2, 0) is 14.0 Å². The average molecular weight is 497 g/mol. The summed E-state index contributed by atoms with van der Waals surface area (Å²) < 4.78 is 12.1. The molecule has 0 rings (SSSR count). The SMILES string of the molecule is CCCCCCC(C/C=C\CCCCCCCCO[Si](C)(C)C(C)(C)C)OC(=O)CCCCC. The minimum absolute atomic E-state index is 0.00273. The Hall–Kier alpha value is -0.613. The maximum absolute atomic E-state index is 12.2. The van der Waals surface area contributed by atoms with E-state index < -0.39 is 8.32 Å². The lowest BCUT2D eigenvalue weighted by Crippen LogP contribution is -2.40. The Morgan fingerprint density at radius 3 is 2.03 bits per heavy atom. The van der Waals surface area contributed by atoms with E-state index in [4.69, 9.17) is 9.16 Å². The van der Waals surface area contributed by atoms with Gasteiger partial charge in [0.2, 0.25) is 0 Å². The largest absolute Gasteiger partial charge is 0.462 e. The van der Waals surface area contributed by atoms with Gasteiger partial charge in [-0.2, -0.15) is 0 Å². The summed E-state index contributed by atoms with van der Waals surface area (Å²) in [5.74, 6) is -0.00273. The van der Waals surface area contributed by atoms with E-state index in [1.807, 2.05) is 0 Å². The Morgan fingerprint density at radius 1 is 0.794 bits per heavy atom. The fourth-order valence-corrected chi connectivity index (χ4v) is 4.86. The van der Waals surface area contributed by atoms with Crippen LogP contribution in [0.2, 0.25) is 18.1 Å². The van der Waals surface area contributed by atoms with Crippen LogP contribution in [0.4, 0.5) is 0 Å². The van der Waals surface area contributed by atoms with Gasteiger partial charge in [-0.05, 0) is 56.7 Å². The molecule has 0 N–H and O–H groups in total. The summed E-state index contributed by atoms with van der Waals surface area (Å²) in [5.41, 5.74) is 0. The highest BCUT2D eigenvalue weighted by Gasteiger charge is 2.36. The van der Waals surface area contributed by atoms with Gasteiger partial charge in [0.25, 0.3) is 0 Å². The first-order chi connectivity index (χ1) is 16.1. The van der Waals surface area contributed by atoms with Crippen LogP contribution in [0.15, 0.2) is 12.2 Å². The minimum Gasteiger partial charge on any atom is -0.462 e. The van der Waals surface area contributed by atoms with Crippen LogP contribution < -0.4 is 0 Å². The molecule has 0 radical (unpaired) electrons. The van der Waals surface area contributed by atoms with Crippen LogP contribution in [0.3, 0.4) is 0 Å². The molecule has 0 spiro atoms. The molecule has 0 fully saturated rings. The predicted molar refractivity (Wildman–Crippen MR) is 152 cm³/mol. The lowest BCUT2D eigenvalue weighted by Gasteiger charge is -2.36. The molecule has 0 heterocycles. The molecule has 0 aromatic heterocycles. The van der Waals surface area contributed by atoms with E-state index in [-0.39, 0.29) is 12.1 Å². The minimum atomic E-state index is -1.57. The molecular formula is C30H60O3Si. The third-order valence-electron chi connectivity index (χ3n) is 7.26. The predicted octanol–water partition coefficient (Wildman–Crippen LogP) is 10.1. The maximum Gasteiger partial charge on any atom is 0.306 e. The van der Waals surface area contributed by atoms with Gasteiger partial charge in [-0.25, -0.2) is 0 Å². The lowest BCUT2D eigenvalue weighted by molar-refractivity contribution is -0.149. The van der Waals surface area contributed by atoms with Crippen molar-refractivity contribution in [2.45, 2.75) is 168 Å². The Labute approximate surface area is 215 Å². The van der Waals surface area contributed by atoms with Crippen molar-refractivity contribution in [3.63, 3.8) is 0 Å². The number of carbonyl (C=O) groups is 1. The average Bonchev–Trinajstić information content (AvgIpc) is 2.76. The van der Waals surface area contributed by atoms with Gasteiger partial charge in [0.15, 0.2) is 8.32 Å². The van der Waals surface area contributed by atoms with E-state index in [0.29, 0.717) is 11.5 Å². The zero-order valence-electron chi connectivity index (χ0n) is 24.2. The monoisotopic (exact) mass is 496 g/mol. The Kier molecular flexibility index (Phi) is 20.2. The van der Waals surface area contributed by atoms with Gasteiger partial charge >= 0.3 is 5.97 Å². The molecule has 1 atom stereocenters. The van der Waals surface area contributed by atoms with E-state index in [9.17, 15) is 4.79 Å². The first kappa shape index (κ1) is 33.4. The van der Waals surface area contributed by atoms with Crippen LogP contribution >= 0.6 is 0 Å². The summed E-state index contributed by atoms with van der Waals surface area (Å²) in [6.07, 6.45) is 24.0. The van der Waals surface area contributed by atoms with Crippen LogP contribution in [0.1, 0.15) is 144 Å². The summed E-state index contributed by atoms with van der Waals surface area (Å²) in [5, 5.41) is 0.311. The second-order valence-electron chi connectivity index (χ2n) is 11.6. The van der Waals surface area contributed by atoms with E-state index in [1.165, 1.54) is 57.8 Å². The number of hydrogen-bond acceptors (Lipinski definition) is 3. The van der Waals surface area contributed by atoms with E-state index in [1.54, 1.807) is 0 Å². The second-order valence-corrected chi connectivity index (χ2v) is 16.5. The number of hydrogen-bond donors (Lipinski definition) is 0. The van der Waals surface area contributed by atoms with Crippen molar-refractivity contribution < 1.29 is 14.0 Å². The summed E-state index contributed by atoms with van der Waals surface area (Å²) in [7, 11) is -1.57. The van der Waals surface area contributed by atoms with Crippen LogP contribution in [0.5, 0.6) is 0 Å². The van der Waals surface area contributed by atoms with Crippen molar-refractivity contribution in [1.29, 1.82) is 0 Å². The second kappa shape index (κ2) is 20.6. The Morgan fingerprint density at radius 2 is 1.38 bits per heavy atom. The third-order valence-corrected chi connectivity index (χ3v) is 11.8. The number of esters is 1. The van der Waals surface area contributed by atoms with Crippen LogP contribution in [0, 0.1) is 0 Å². The normalized spacial score (nSPS) is 13.5. The maximum atomic E-state index is 12.2. The Bertz CT molecular complexity index is 508. The molecule has 0 saturated carbocycles.